The first-order chi connectivity index (χ1) is 11.7. The Morgan fingerprint density at radius 2 is 2.38 bits per heavy atom. The summed E-state index contributed by atoms with van der Waals surface area (Å²) in [6.07, 6.45) is 4.52. The maximum Gasteiger partial charge on any atom is 0.191 e. The van der Waals surface area contributed by atoms with Crippen LogP contribution in [0.1, 0.15) is 43.6 Å². The molecule has 7 nitrogen and oxygen atoms in total. The van der Waals surface area contributed by atoms with Gasteiger partial charge in [-0.15, -0.1) is 0 Å². The molecule has 2 N–H and O–H groups in total. The molecular weight excluding hydrogens is 304 g/mol. The van der Waals surface area contributed by atoms with Crippen LogP contribution in [0.2, 0.25) is 0 Å². The van der Waals surface area contributed by atoms with E-state index >= 15 is 0 Å². The van der Waals surface area contributed by atoms with E-state index in [1.807, 2.05) is 16.8 Å². The summed E-state index contributed by atoms with van der Waals surface area (Å²) in [6.45, 7) is 5.86. The SMILES string of the molecule is CN=C(NCCc1ccco1)NC1CCc2nc(C(C)C)nn2C1. The fourth-order valence-corrected chi connectivity index (χ4v) is 2.84. The van der Waals surface area contributed by atoms with Crippen molar-refractivity contribution < 1.29 is 4.42 Å². The van der Waals surface area contributed by atoms with E-state index in [0.29, 0.717) is 12.0 Å². The zero-order chi connectivity index (χ0) is 16.9. The minimum atomic E-state index is 0.314. The number of fused-ring (bicyclic) bond motifs is 1. The first-order valence-electron chi connectivity index (χ1n) is 8.59. The summed E-state index contributed by atoms with van der Waals surface area (Å²) in [4.78, 5) is 8.94. The average molecular weight is 330 g/mol. The number of hydrogen-bond donors (Lipinski definition) is 2. The van der Waals surface area contributed by atoms with E-state index in [2.05, 4.69) is 39.6 Å². The summed E-state index contributed by atoms with van der Waals surface area (Å²) in [6, 6.07) is 4.21. The first kappa shape index (κ1) is 16.5. The highest BCUT2D eigenvalue weighted by molar-refractivity contribution is 5.79. The van der Waals surface area contributed by atoms with Crippen LogP contribution in [0.3, 0.4) is 0 Å². The highest BCUT2D eigenvalue weighted by atomic mass is 16.3. The maximum absolute atomic E-state index is 5.34. The minimum Gasteiger partial charge on any atom is -0.469 e. The number of nitrogens with one attached hydrogen (secondary N) is 2. The van der Waals surface area contributed by atoms with Crippen molar-refractivity contribution in [2.24, 2.45) is 4.99 Å². The number of furan rings is 1. The average Bonchev–Trinajstić information content (AvgIpc) is 3.22. The second-order valence-electron chi connectivity index (χ2n) is 6.43. The monoisotopic (exact) mass is 330 g/mol. The van der Waals surface area contributed by atoms with Crippen LogP contribution in [-0.4, -0.2) is 40.4 Å². The van der Waals surface area contributed by atoms with E-state index in [-0.39, 0.29) is 0 Å². The van der Waals surface area contributed by atoms with Crippen LogP contribution in [0, 0.1) is 0 Å². The zero-order valence-electron chi connectivity index (χ0n) is 14.6. The molecule has 24 heavy (non-hydrogen) atoms. The van der Waals surface area contributed by atoms with E-state index in [4.69, 9.17) is 4.42 Å². The van der Waals surface area contributed by atoms with Crippen LogP contribution >= 0.6 is 0 Å². The molecule has 0 bridgehead atoms. The van der Waals surface area contributed by atoms with Gasteiger partial charge in [-0.1, -0.05) is 13.8 Å². The van der Waals surface area contributed by atoms with Gasteiger partial charge in [0.2, 0.25) is 0 Å². The fraction of sp³-hybridized carbons (Fsp3) is 0.588. The molecule has 1 atom stereocenters. The third-order valence-electron chi connectivity index (χ3n) is 4.20. The molecule has 2 aromatic heterocycles. The topological polar surface area (TPSA) is 80.3 Å². The number of guanidine groups is 1. The third-order valence-corrected chi connectivity index (χ3v) is 4.20. The second-order valence-corrected chi connectivity index (χ2v) is 6.43. The molecule has 0 fully saturated rings. The van der Waals surface area contributed by atoms with E-state index in [0.717, 1.165) is 55.7 Å². The van der Waals surface area contributed by atoms with Crippen LogP contribution in [0.4, 0.5) is 0 Å². The lowest BCUT2D eigenvalue weighted by molar-refractivity contribution is 0.391. The maximum atomic E-state index is 5.34. The zero-order valence-corrected chi connectivity index (χ0v) is 14.6. The lowest BCUT2D eigenvalue weighted by Gasteiger charge is -2.25. The first-order valence-corrected chi connectivity index (χ1v) is 8.59. The molecule has 3 heterocycles. The summed E-state index contributed by atoms with van der Waals surface area (Å²) in [7, 11) is 1.79. The van der Waals surface area contributed by atoms with Gasteiger partial charge in [-0.25, -0.2) is 9.67 Å². The summed E-state index contributed by atoms with van der Waals surface area (Å²) in [5, 5.41) is 11.4. The van der Waals surface area contributed by atoms with Gasteiger partial charge in [-0.3, -0.25) is 4.99 Å². The second kappa shape index (κ2) is 7.51. The molecular formula is C17H26N6O. The highest BCUT2D eigenvalue weighted by Gasteiger charge is 2.23. The Morgan fingerprint density at radius 3 is 3.08 bits per heavy atom. The van der Waals surface area contributed by atoms with Gasteiger partial charge < -0.3 is 15.1 Å². The van der Waals surface area contributed by atoms with Crippen molar-refractivity contribution in [3.05, 3.63) is 35.8 Å². The molecule has 2 aromatic rings. The summed E-state index contributed by atoms with van der Waals surface area (Å²) >= 11 is 0. The summed E-state index contributed by atoms with van der Waals surface area (Å²) in [5.41, 5.74) is 0. The molecule has 130 valence electrons. The van der Waals surface area contributed by atoms with Gasteiger partial charge in [0.05, 0.1) is 12.8 Å². The van der Waals surface area contributed by atoms with Gasteiger partial charge in [0.15, 0.2) is 11.8 Å². The van der Waals surface area contributed by atoms with Crippen molar-refractivity contribution in [1.82, 2.24) is 25.4 Å². The number of aliphatic imine (C=N–C) groups is 1. The Morgan fingerprint density at radius 1 is 1.50 bits per heavy atom. The molecule has 0 amide bonds. The number of hydrogen-bond acceptors (Lipinski definition) is 4. The molecule has 0 saturated carbocycles. The number of aryl methyl sites for hydroxylation is 1. The van der Waals surface area contributed by atoms with E-state index < -0.39 is 0 Å². The lowest BCUT2D eigenvalue weighted by atomic mass is 10.1. The molecule has 0 radical (unpaired) electrons. The Bertz CT molecular complexity index is 673. The van der Waals surface area contributed by atoms with Gasteiger partial charge in [-0.05, 0) is 18.6 Å². The Kier molecular flexibility index (Phi) is 5.17. The van der Waals surface area contributed by atoms with E-state index in [9.17, 15) is 0 Å². The van der Waals surface area contributed by atoms with E-state index in [1.54, 1.807) is 13.3 Å². The summed E-state index contributed by atoms with van der Waals surface area (Å²) in [5.74, 6) is 4.19. The van der Waals surface area contributed by atoms with Crippen molar-refractivity contribution in [3.8, 4) is 0 Å². The normalized spacial score (nSPS) is 17.8. The molecule has 1 aliphatic heterocycles. The minimum absolute atomic E-state index is 0.314. The van der Waals surface area contributed by atoms with Crippen LogP contribution in [-0.2, 0) is 19.4 Å². The van der Waals surface area contributed by atoms with Gasteiger partial charge in [0, 0.05) is 38.4 Å². The van der Waals surface area contributed by atoms with E-state index in [1.165, 1.54) is 0 Å². The van der Waals surface area contributed by atoms with Crippen molar-refractivity contribution in [2.75, 3.05) is 13.6 Å². The molecule has 0 aliphatic carbocycles. The predicted octanol–water partition coefficient (Wildman–Crippen LogP) is 1.72. The number of aromatic nitrogens is 3. The Labute approximate surface area is 142 Å². The molecule has 1 aliphatic rings. The predicted molar refractivity (Wildman–Crippen MR) is 93.1 cm³/mol. The Hall–Kier alpha value is -2.31. The van der Waals surface area contributed by atoms with Crippen molar-refractivity contribution in [2.45, 2.75) is 51.6 Å². The highest BCUT2D eigenvalue weighted by Crippen LogP contribution is 2.16. The van der Waals surface area contributed by atoms with Crippen LogP contribution < -0.4 is 10.6 Å². The number of nitrogens with zero attached hydrogens (tertiary/aromatic N) is 4. The molecule has 7 heteroatoms. The van der Waals surface area contributed by atoms with Crippen molar-refractivity contribution >= 4 is 5.96 Å². The smallest absolute Gasteiger partial charge is 0.191 e. The van der Waals surface area contributed by atoms with Gasteiger partial charge in [-0.2, -0.15) is 5.10 Å². The molecule has 0 spiro atoms. The lowest BCUT2D eigenvalue weighted by Crippen LogP contribution is -2.47. The van der Waals surface area contributed by atoms with Crippen LogP contribution in [0.5, 0.6) is 0 Å². The van der Waals surface area contributed by atoms with Gasteiger partial charge in [0.1, 0.15) is 11.6 Å². The fourth-order valence-electron chi connectivity index (χ4n) is 2.84. The third kappa shape index (κ3) is 3.96. The molecule has 1 unspecified atom stereocenters. The van der Waals surface area contributed by atoms with Crippen molar-refractivity contribution in [3.63, 3.8) is 0 Å². The number of rotatable bonds is 5. The van der Waals surface area contributed by atoms with Gasteiger partial charge >= 0.3 is 0 Å². The Balaban J connectivity index is 1.51. The summed E-state index contributed by atoms with van der Waals surface area (Å²) < 4.78 is 7.38. The van der Waals surface area contributed by atoms with Crippen LogP contribution in [0.25, 0.3) is 0 Å². The quantitative estimate of drug-likeness (QED) is 0.644. The molecule has 0 aromatic carbocycles. The van der Waals surface area contributed by atoms with Crippen molar-refractivity contribution in [1.29, 1.82) is 0 Å². The molecule has 3 rings (SSSR count). The molecule has 0 saturated heterocycles. The van der Waals surface area contributed by atoms with Crippen LogP contribution in [0.15, 0.2) is 27.8 Å². The standard InChI is InChI=1S/C17H26N6O/c1-12(2)16-21-15-7-6-13(11-23(15)22-16)20-17(18-3)19-9-8-14-5-4-10-24-14/h4-5,10,12-13H,6-9,11H2,1-3H3,(H2,18,19,20). The largest absolute Gasteiger partial charge is 0.469 e. The van der Waals surface area contributed by atoms with Gasteiger partial charge in [0.25, 0.3) is 0 Å².